The second-order valence-electron chi connectivity index (χ2n) is 6.51. The number of rotatable bonds is 2. The molecule has 3 heterocycles. The lowest BCUT2D eigenvalue weighted by Crippen LogP contribution is -2.28. The number of aromatic nitrogens is 3. The molecule has 4 aromatic rings. The Morgan fingerprint density at radius 2 is 1.88 bits per heavy atom. The van der Waals surface area contributed by atoms with Crippen molar-refractivity contribution in [3.8, 4) is 5.69 Å². The first-order chi connectivity index (χ1) is 12.3. The second kappa shape index (κ2) is 6.59. The Morgan fingerprint density at radius 3 is 2.69 bits per heavy atom. The van der Waals surface area contributed by atoms with E-state index in [1.54, 1.807) is 10.8 Å². The molecule has 5 nitrogen and oxygen atoms in total. The predicted octanol–water partition coefficient (Wildman–Crippen LogP) is 3.30. The van der Waals surface area contributed by atoms with Gasteiger partial charge in [0.15, 0.2) is 5.65 Å². The maximum Gasteiger partial charge on any atom is 0.335 e. The van der Waals surface area contributed by atoms with Gasteiger partial charge in [-0.25, -0.2) is 9.78 Å². The van der Waals surface area contributed by atoms with Gasteiger partial charge in [-0.2, -0.15) is 0 Å². The average Bonchev–Trinajstić information content (AvgIpc) is 3.26. The summed E-state index contributed by atoms with van der Waals surface area (Å²) < 4.78 is 3.64. The first kappa shape index (κ1) is 16.8. The van der Waals surface area contributed by atoms with Gasteiger partial charge in [-0.3, -0.25) is 9.13 Å². The number of imidazole rings is 1. The molecule has 132 valence electrons. The quantitative estimate of drug-likeness (QED) is 0.592. The maximum atomic E-state index is 13.3. The molecule has 0 radical (unpaired) electrons. The van der Waals surface area contributed by atoms with Crippen LogP contribution in [0.15, 0.2) is 65.6 Å². The largest absolute Gasteiger partial charge is 0.335 e. The SMILES string of the molecule is Cl.O=c1n(-c2ccc3ccccc3c2)c2cccnc2n1C1CCNC1. The number of halogens is 1. The van der Waals surface area contributed by atoms with Gasteiger partial charge in [0, 0.05) is 12.7 Å². The van der Waals surface area contributed by atoms with Crippen molar-refractivity contribution in [1.82, 2.24) is 19.4 Å². The van der Waals surface area contributed by atoms with Crippen LogP contribution >= 0.6 is 12.4 Å². The Labute approximate surface area is 156 Å². The van der Waals surface area contributed by atoms with Crippen LogP contribution in [-0.2, 0) is 0 Å². The molecule has 2 aromatic carbocycles. The highest BCUT2D eigenvalue weighted by molar-refractivity contribution is 5.86. The molecule has 0 spiro atoms. The van der Waals surface area contributed by atoms with Gasteiger partial charge in [0.25, 0.3) is 0 Å². The molecular weight excluding hydrogens is 348 g/mol. The van der Waals surface area contributed by atoms with Crippen LogP contribution < -0.4 is 11.0 Å². The number of hydrogen-bond donors (Lipinski definition) is 1. The number of nitrogens with one attached hydrogen (secondary N) is 1. The van der Waals surface area contributed by atoms with Crippen LogP contribution in [0.25, 0.3) is 27.6 Å². The summed E-state index contributed by atoms with van der Waals surface area (Å²) in [6.07, 6.45) is 2.71. The molecule has 1 saturated heterocycles. The predicted molar refractivity (Wildman–Crippen MR) is 107 cm³/mol. The van der Waals surface area contributed by atoms with Gasteiger partial charge < -0.3 is 5.32 Å². The highest BCUT2D eigenvalue weighted by Crippen LogP contribution is 2.24. The molecule has 1 N–H and O–H groups in total. The van der Waals surface area contributed by atoms with Gasteiger partial charge in [0.2, 0.25) is 0 Å². The van der Waals surface area contributed by atoms with Gasteiger partial charge in [0.05, 0.1) is 17.2 Å². The van der Waals surface area contributed by atoms with Crippen molar-refractivity contribution in [3.05, 3.63) is 71.3 Å². The van der Waals surface area contributed by atoms with Crippen LogP contribution in [0.2, 0.25) is 0 Å². The Kier molecular flexibility index (Phi) is 4.26. The third kappa shape index (κ3) is 2.52. The minimum Gasteiger partial charge on any atom is -0.315 e. The Balaban J connectivity index is 0.00000168. The van der Waals surface area contributed by atoms with E-state index in [9.17, 15) is 4.79 Å². The zero-order chi connectivity index (χ0) is 16.8. The minimum atomic E-state index is -0.0160. The van der Waals surface area contributed by atoms with E-state index >= 15 is 0 Å². The van der Waals surface area contributed by atoms with Crippen molar-refractivity contribution in [2.75, 3.05) is 13.1 Å². The first-order valence-electron chi connectivity index (χ1n) is 8.61. The van der Waals surface area contributed by atoms with Gasteiger partial charge in [-0.15, -0.1) is 12.4 Å². The molecule has 6 heteroatoms. The Bertz CT molecular complexity index is 1140. The molecule has 0 amide bonds. The third-order valence-electron chi connectivity index (χ3n) is 5.02. The summed E-state index contributed by atoms with van der Waals surface area (Å²) in [5.41, 5.74) is 2.48. The van der Waals surface area contributed by atoms with Gasteiger partial charge in [-0.1, -0.05) is 30.3 Å². The van der Waals surface area contributed by atoms with E-state index in [0.717, 1.165) is 41.7 Å². The summed E-state index contributed by atoms with van der Waals surface area (Å²) in [5.74, 6) is 0. The molecule has 2 aromatic heterocycles. The molecule has 0 aliphatic carbocycles. The number of benzene rings is 2. The van der Waals surface area contributed by atoms with E-state index in [4.69, 9.17) is 0 Å². The monoisotopic (exact) mass is 366 g/mol. The summed E-state index contributed by atoms with van der Waals surface area (Å²) >= 11 is 0. The summed E-state index contributed by atoms with van der Waals surface area (Å²) in [4.78, 5) is 17.8. The number of nitrogens with zero attached hydrogens (tertiary/aromatic N) is 3. The van der Waals surface area contributed by atoms with Crippen molar-refractivity contribution >= 4 is 34.3 Å². The van der Waals surface area contributed by atoms with Crippen molar-refractivity contribution in [3.63, 3.8) is 0 Å². The van der Waals surface area contributed by atoms with Crippen molar-refractivity contribution in [1.29, 1.82) is 0 Å². The van der Waals surface area contributed by atoms with E-state index in [2.05, 4.69) is 34.6 Å². The van der Waals surface area contributed by atoms with Gasteiger partial charge in [0.1, 0.15) is 0 Å². The lowest BCUT2D eigenvalue weighted by atomic mass is 10.1. The topological polar surface area (TPSA) is 51.9 Å². The third-order valence-corrected chi connectivity index (χ3v) is 5.02. The number of hydrogen-bond acceptors (Lipinski definition) is 3. The molecule has 26 heavy (non-hydrogen) atoms. The molecule has 1 fully saturated rings. The molecular formula is C20H19ClN4O. The smallest absolute Gasteiger partial charge is 0.315 e. The summed E-state index contributed by atoms with van der Waals surface area (Å²) in [6, 6.07) is 18.3. The molecule has 5 rings (SSSR count). The summed E-state index contributed by atoms with van der Waals surface area (Å²) in [6.45, 7) is 1.75. The van der Waals surface area contributed by atoms with E-state index in [1.165, 1.54) is 5.39 Å². The van der Waals surface area contributed by atoms with Crippen molar-refractivity contribution in [2.45, 2.75) is 12.5 Å². The van der Waals surface area contributed by atoms with Gasteiger partial charge >= 0.3 is 5.69 Å². The van der Waals surface area contributed by atoms with Crippen LogP contribution in [0.5, 0.6) is 0 Å². The average molecular weight is 367 g/mol. The van der Waals surface area contributed by atoms with E-state index < -0.39 is 0 Å². The number of pyridine rings is 1. The zero-order valence-electron chi connectivity index (χ0n) is 14.1. The second-order valence-corrected chi connectivity index (χ2v) is 6.51. The lowest BCUT2D eigenvalue weighted by Gasteiger charge is -2.09. The van der Waals surface area contributed by atoms with Crippen LogP contribution in [0.3, 0.4) is 0 Å². The van der Waals surface area contributed by atoms with E-state index in [0.29, 0.717) is 0 Å². The molecule has 0 bridgehead atoms. The van der Waals surface area contributed by atoms with E-state index in [-0.39, 0.29) is 24.1 Å². The maximum absolute atomic E-state index is 13.3. The van der Waals surface area contributed by atoms with Crippen molar-refractivity contribution in [2.24, 2.45) is 0 Å². The fourth-order valence-corrected chi connectivity index (χ4v) is 3.80. The summed E-state index contributed by atoms with van der Waals surface area (Å²) in [7, 11) is 0. The minimum absolute atomic E-state index is 0. The Hall–Kier alpha value is -2.63. The highest BCUT2D eigenvalue weighted by Gasteiger charge is 2.24. The molecule has 0 saturated carbocycles. The fraction of sp³-hybridized carbons (Fsp3) is 0.200. The van der Waals surface area contributed by atoms with E-state index in [1.807, 2.05) is 34.9 Å². The van der Waals surface area contributed by atoms with Crippen LogP contribution in [0, 0.1) is 0 Å². The normalized spacial score (nSPS) is 16.8. The molecule has 1 aliphatic rings. The van der Waals surface area contributed by atoms with Crippen LogP contribution in [0.4, 0.5) is 0 Å². The Morgan fingerprint density at radius 1 is 1.04 bits per heavy atom. The van der Waals surface area contributed by atoms with Crippen LogP contribution in [-0.4, -0.2) is 27.2 Å². The zero-order valence-corrected chi connectivity index (χ0v) is 14.9. The molecule has 1 unspecified atom stereocenters. The van der Waals surface area contributed by atoms with Crippen molar-refractivity contribution < 1.29 is 0 Å². The highest BCUT2D eigenvalue weighted by atomic mass is 35.5. The van der Waals surface area contributed by atoms with Crippen LogP contribution in [0.1, 0.15) is 12.5 Å². The number of fused-ring (bicyclic) bond motifs is 2. The summed E-state index contributed by atoms with van der Waals surface area (Å²) in [5, 5.41) is 5.63. The fourth-order valence-electron chi connectivity index (χ4n) is 3.80. The van der Waals surface area contributed by atoms with Gasteiger partial charge in [-0.05, 0) is 48.0 Å². The molecule has 1 aliphatic heterocycles. The first-order valence-corrected chi connectivity index (χ1v) is 8.61. The molecule has 1 atom stereocenters. The standard InChI is InChI=1S/C20H18N4O.ClH/c25-20-23(16-8-7-14-4-1-2-5-15(14)12-16)18-6-3-10-22-19(18)24(20)17-9-11-21-13-17;/h1-8,10,12,17,21H,9,11,13H2;1H. The lowest BCUT2D eigenvalue weighted by molar-refractivity contribution is 0.537.